The number of nitrogens with zero attached hydrogens (tertiary/aromatic N) is 3. The molecular formula is C26H26N4O7S3. The Bertz CT molecular complexity index is 1850. The van der Waals surface area contributed by atoms with Gasteiger partial charge in [0.25, 0.3) is 15.9 Å². The normalized spacial score (nSPS) is 12.4. The van der Waals surface area contributed by atoms with Gasteiger partial charge in [0.05, 0.1) is 39.2 Å². The van der Waals surface area contributed by atoms with E-state index in [0.29, 0.717) is 15.9 Å². The molecule has 2 N–H and O–H groups in total. The number of benzene rings is 3. The molecule has 0 radical (unpaired) electrons. The van der Waals surface area contributed by atoms with Crippen molar-refractivity contribution in [2.24, 2.45) is 10.1 Å². The minimum Gasteiger partial charge on any atom is -0.469 e. The summed E-state index contributed by atoms with van der Waals surface area (Å²) in [6.45, 7) is 2.07. The zero-order valence-electron chi connectivity index (χ0n) is 21.6. The topological polar surface area (TPSA) is 158 Å². The van der Waals surface area contributed by atoms with E-state index in [1.807, 2.05) is 0 Å². The van der Waals surface area contributed by atoms with Crippen molar-refractivity contribution in [3.05, 3.63) is 83.2 Å². The standard InChI is InChI=1S/C26H26N4O7S3/c1-3-30(19-7-5-4-6-8-19)40(35,36)20-11-9-18(10-12-20)25(32)28-26-29(16-15-24(31)37-2)22-14-13-21(39(27,33)34)17-23(22)38-26/h4-14,17H,3,15-16H2,1-2H3,(H2,27,33,34). The predicted octanol–water partition coefficient (Wildman–Crippen LogP) is 2.87. The first-order chi connectivity index (χ1) is 19.0. The second-order valence-electron chi connectivity index (χ2n) is 8.48. The number of carbonyl (C=O) groups is 2. The van der Waals surface area contributed by atoms with Gasteiger partial charge in [-0.15, -0.1) is 0 Å². The molecule has 0 unspecified atom stereocenters. The molecule has 1 aromatic heterocycles. The van der Waals surface area contributed by atoms with Crippen LogP contribution in [0, 0.1) is 0 Å². The molecule has 0 atom stereocenters. The number of anilines is 1. The van der Waals surface area contributed by atoms with Crippen molar-refractivity contribution in [3.63, 3.8) is 0 Å². The third-order valence-electron chi connectivity index (χ3n) is 5.97. The summed E-state index contributed by atoms with van der Waals surface area (Å²) in [6.07, 6.45) is -0.0114. The summed E-state index contributed by atoms with van der Waals surface area (Å²) in [4.78, 5) is 29.2. The molecular weight excluding hydrogens is 577 g/mol. The number of aromatic nitrogens is 1. The molecule has 40 heavy (non-hydrogen) atoms. The van der Waals surface area contributed by atoms with Gasteiger partial charge in [0.15, 0.2) is 4.80 Å². The number of hydrogen-bond donors (Lipinski definition) is 1. The molecule has 4 rings (SSSR count). The summed E-state index contributed by atoms with van der Waals surface area (Å²) in [6, 6.07) is 18.4. The molecule has 0 saturated carbocycles. The molecule has 1 heterocycles. The second kappa shape index (κ2) is 11.7. The van der Waals surface area contributed by atoms with Gasteiger partial charge in [-0.25, -0.2) is 22.0 Å². The number of carbonyl (C=O) groups excluding carboxylic acids is 2. The molecule has 4 aromatic rings. The number of primary sulfonamides is 1. The third kappa shape index (κ3) is 6.14. The van der Waals surface area contributed by atoms with Crippen LogP contribution >= 0.6 is 11.3 Å². The average Bonchev–Trinajstić information content (AvgIpc) is 3.28. The molecule has 0 spiro atoms. The fourth-order valence-electron chi connectivity index (χ4n) is 3.97. The van der Waals surface area contributed by atoms with Crippen LogP contribution in [0.5, 0.6) is 0 Å². The summed E-state index contributed by atoms with van der Waals surface area (Å²) < 4.78 is 58.2. The van der Waals surface area contributed by atoms with Gasteiger partial charge in [-0.3, -0.25) is 13.9 Å². The van der Waals surface area contributed by atoms with Gasteiger partial charge < -0.3 is 9.30 Å². The lowest BCUT2D eigenvalue weighted by molar-refractivity contribution is -0.140. The molecule has 210 valence electrons. The number of ether oxygens (including phenoxy) is 1. The maximum absolute atomic E-state index is 13.3. The van der Waals surface area contributed by atoms with E-state index < -0.39 is 31.9 Å². The first-order valence-corrected chi connectivity index (χ1v) is 15.8. The molecule has 0 aliphatic heterocycles. The van der Waals surface area contributed by atoms with Gasteiger partial charge in [0.1, 0.15) is 0 Å². The van der Waals surface area contributed by atoms with Crippen LogP contribution in [-0.2, 0) is 36.1 Å². The number of nitrogens with two attached hydrogens (primary N) is 1. The highest BCUT2D eigenvalue weighted by Gasteiger charge is 2.24. The SMILES string of the molecule is CCN(c1ccccc1)S(=O)(=O)c1ccc(C(=O)N=c2sc3cc(S(N)(=O)=O)ccc3n2CCC(=O)OC)cc1. The number of esters is 1. The zero-order chi connectivity index (χ0) is 29.1. The van der Waals surface area contributed by atoms with E-state index in [1.54, 1.807) is 41.8 Å². The number of sulfonamides is 2. The Kier molecular flexibility index (Phi) is 8.54. The lowest BCUT2D eigenvalue weighted by atomic mass is 10.2. The van der Waals surface area contributed by atoms with Gasteiger partial charge in [-0.1, -0.05) is 29.5 Å². The lowest BCUT2D eigenvalue weighted by Crippen LogP contribution is -2.30. The Balaban J connectivity index is 1.71. The first-order valence-electron chi connectivity index (χ1n) is 12.0. The Labute approximate surface area is 235 Å². The molecule has 11 nitrogen and oxygen atoms in total. The average molecular weight is 603 g/mol. The Morgan fingerprint density at radius 1 is 0.975 bits per heavy atom. The largest absolute Gasteiger partial charge is 0.469 e. The van der Waals surface area contributed by atoms with Gasteiger partial charge in [-0.2, -0.15) is 4.99 Å². The number of methoxy groups -OCH3 is 1. The highest BCUT2D eigenvalue weighted by molar-refractivity contribution is 7.92. The Morgan fingerprint density at radius 3 is 2.23 bits per heavy atom. The number of para-hydroxylation sites is 1. The molecule has 0 saturated heterocycles. The van der Waals surface area contributed by atoms with Crippen molar-refractivity contribution in [1.82, 2.24) is 4.57 Å². The lowest BCUT2D eigenvalue weighted by Gasteiger charge is -2.22. The Hall–Kier alpha value is -3.85. The van der Waals surface area contributed by atoms with Gasteiger partial charge >= 0.3 is 5.97 Å². The van der Waals surface area contributed by atoms with Crippen LogP contribution < -0.4 is 14.2 Å². The van der Waals surface area contributed by atoms with Crippen molar-refractivity contribution in [3.8, 4) is 0 Å². The fraction of sp³-hybridized carbons (Fsp3) is 0.192. The van der Waals surface area contributed by atoms with Crippen molar-refractivity contribution in [1.29, 1.82) is 0 Å². The molecule has 1 amide bonds. The second-order valence-corrected chi connectivity index (χ2v) is 12.9. The maximum atomic E-state index is 13.3. The van der Waals surface area contributed by atoms with E-state index in [9.17, 15) is 26.4 Å². The van der Waals surface area contributed by atoms with E-state index in [2.05, 4.69) is 4.99 Å². The smallest absolute Gasteiger partial charge is 0.307 e. The predicted molar refractivity (Wildman–Crippen MR) is 151 cm³/mol. The summed E-state index contributed by atoms with van der Waals surface area (Å²) in [5, 5.41) is 5.25. The maximum Gasteiger partial charge on any atom is 0.307 e. The third-order valence-corrected chi connectivity index (χ3v) is 9.84. The summed E-state index contributed by atoms with van der Waals surface area (Å²) in [5.74, 6) is -1.12. The monoisotopic (exact) mass is 602 g/mol. The van der Waals surface area contributed by atoms with Crippen molar-refractivity contribution >= 4 is 59.2 Å². The minimum absolute atomic E-state index is 0.0114. The molecule has 0 fully saturated rings. The van der Waals surface area contributed by atoms with E-state index in [0.717, 1.165) is 11.3 Å². The fourth-order valence-corrected chi connectivity index (χ4v) is 7.15. The number of amides is 1. The van der Waals surface area contributed by atoms with Crippen LogP contribution in [0.3, 0.4) is 0 Å². The number of hydrogen-bond acceptors (Lipinski definition) is 8. The van der Waals surface area contributed by atoms with Crippen LogP contribution in [0.1, 0.15) is 23.7 Å². The zero-order valence-corrected chi connectivity index (χ0v) is 24.0. The highest BCUT2D eigenvalue weighted by Crippen LogP contribution is 2.24. The van der Waals surface area contributed by atoms with Crippen molar-refractivity contribution < 1.29 is 31.2 Å². The quantitative estimate of drug-likeness (QED) is 0.289. The van der Waals surface area contributed by atoms with Crippen LogP contribution in [0.2, 0.25) is 0 Å². The number of aryl methyl sites for hydroxylation is 1. The molecule has 0 bridgehead atoms. The van der Waals surface area contributed by atoms with Crippen LogP contribution in [0.4, 0.5) is 5.69 Å². The first kappa shape index (κ1) is 29.1. The number of rotatable bonds is 9. The van der Waals surface area contributed by atoms with E-state index in [1.165, 1.54) is 53.9 Å². The summed E-state index contributed by atoms with van der Waals surface area (Å²) in [5.41, 5.74) is 1.21. The van der Waals surface area contributed by atoms with Gasteiger partial charge in [0.2, 0.25) is 10.0 Å². The van der Waals surface area contributed by atoms with Gasteiger partial charge in [-0.05, 0) is 61.5 Å². The molecule has 0 aliphatic rings. The van der Waals surface area contributed by atoms with Crippen LogP contribution in [0.15, 0.2) is 87.6 Å². The molecule has 0 aliphatic carbocycles. The Morgan fingerprint density at radius 2 is 1.62 bits per heavy atom. The molecule has 3 aromatic carbocycles. The van der Waals surface area contributed by atoms with E-state index in [4.69, 9.17) is 9.88 Å². The van der Waals surface area contributed by atoms with Gasteiger partial charge in [0, 0.05) is 18.7 Å². The molecule has 14 heteroatoms. The van der Waals surface area contributed by atoms with Crippen molar-refractivity contribution in [2.45, 2.75) is 29.7 Å². The van der Waals surface area contributed by atoms with Crippen LogP contribution in [0.25, 0.3) is 10.2 Å². The summed E-state index contributed by atoms with van der Waals surface area (Å²) >= 11 is 1.05. The van der Waals surface area contributed by atoms with Crippen LogP contribution in [-0.4, -0.2) is 46.9 Å². The number of thiazole rings is 1. The van der Waals surface area contributed by atoms with E-state index >= 15 is 0 Å². The minimum atomic E-state index is -3.96. The van der Waals surface area contributed by atoms with E-state index in [-0.39, 0.29) is 39.7 Å². The number of fused-ring (bicyclic) bond motifs is 1. The summed E-state index contributed by atoms with van der Waals surface area (Å²) in [7, 11) is -6.58. The highest BCUT2D eigenvalue weighted by atomic mass is 32.2. The van der Waals surface area contributed by atoms with Crippen molar-refractivity contribution in [2.75, 3.05) is 18.0 Å².